The summed E-state index contributed by atoms with van der Waals surface area (Å²) >= 11 is 2.90. The average Bonchev–Trinajstić information content (AvgIpc) is 3.25. The smallest absolute Gasteiger partial charge is 0.338 e. The highest BCUT2D eigenvalue weighted by Gasteiger charge is 2.40. The third kappa shape index (κ3) is 4.12. The van der Waals surface area contributed by atoms with E-state index in [-0.39, 0.29) is 41.2 Å². The number of alkyl halides is 3. The first-order valence-electron chi connectivity index (χ1n) is 8.93. The number of nitrogens with zero attached hydrogens (tertiary/aromatic N) is 6. The molecule has 0 spiro atoms. The van der Waals surface area contributed by atoms with Crippen LogP contribution in [-0.4, -0.2) is 69.3 Å². The van der Waals surface area contributed by atoms with Gasteiger partial charge in [0.15, 0.2) is 5.69 Å². The van der Waals surface area contributed by atoms with Crippen LogP contribution in [0.15, 0.2) is 21.8 Å². The summed E-state index contributed by atoms with van der Waals surface area (Å²) in [5.74, 6) is -0.430. The van der Waals surface area contributed by atoms with Gasteiger partial charge in [0, 0.05) is 39.4 Å². The van der Waals surface area contributed by atoms with E-state index in [1.54, 1.807) is 7.05 Å². The molecule has 14 heteroatoms. The normalized spacial score (nSPS) is 17.4. The van der Waals surface area contributed by atoms with Crippen molar-refractivity contribution in [2.45, 2.75) is 31.0 Å². The minimum absolute atomic E-state index is 0.0647. The number of rotatable bonds is 4. The Hall–Kier alpha value is -1.93. The van der Waals surface area contributed by atoms with Crippen molar-refractivity contribution in [2.24, 2.45) is 7.05 Å². The van der Waals surface area contributed by atoms with Crippen molar-refractivity contribution in [3.05, 3.63) is 28.3 Å². The van der Waals surface area contributed by atoms with Crippen molar-refractivity contribution < 1.29 is 26.4 Å². The first-order chi connectivity index (χ1) is 13.8. The first kappa shape index (κ1) is 22.7. The van der Waals surface area contributed by atoms with Gasteiger partial charge in [-0.25, -0.2) is 8.42 Å². The lowest BCUT2D eigenvalue weighted by Crippen LogP contribution is -2.51. The topological polar surface area (TPSA) is 93.3 Å². The minimum Gasteiger partial charge on any atom is -0.338 e. The fraction of sp³-hybridized carbons (Fsp3) is 0.562. The number of hydrogen-bond acceptors (Lipinski definition) is 5. The van der Waals surface area contributed by atoms with Gasteiger partial charge in [0.2, 0.25) is 15.9 Å². The maximum Gasteiger partial charge on any atom is 0.436 e. The lowest BCUT2D eigenvalue weighted by atomic mass is 10.2. The summed E-state index contributed by atoms with van der Waals surface area (Å²) in [4.78, 5) is 14.3. The number of carbonyl (C=O) groups is 1. The molecular formula is C16H20BrF3N6O3S. The van der Waals surface area contributed by atoms with Crippen molar-refractivity contribution in [3.8, 4) is 0 Å². The Balaban J connectivity index is 1.71. The fourth-order valence-corrected chi connectivity index (χ4v) is 5.15. The molecule has 1 aliphatic rings. The zero-order valence-electron chi connectivity index (χ0n) is 16.4. The average molecular weight is 513 g/mol. The van der Waals surface area contributed by atoms with Gasteiger partial charge in [-0.1, -0.05) is 0 Å². The molecule has 1 atom stereocenters. The molecule has 2 aromatic heterocycles. The molecule has 166 valence electrons. The predicted octanol–water partition coefficient (Wildman–Crippen LogP) is 1.80. The highest BCUT2D eigenvalue weighted by Crippen LogP contribution is 2.36. The molecule has 0 N–H and O–H groups in total. The number of aromatic nitrogens is 4. The molecule has 1 saturated heterocycles. The van der Waals surface area contributed by atoms with E-state index in [0.717, 1.165) is 4.68 Å². The molecule has 1 aliphatic heterocycles. The van der Waals surface area contributed by atoms with Crippen LogP contribution in [0.3, 0.4) is 0 Å². The Kier molecular flexibility index (Phi) is 6.04. The van der Waals surface area contributed by atoms with E-state index in [9.17, 15) is 26.4 Å². The predicted molar refractivity (Wildman–Crippen MR) is 103 cm³/mol. The molecule has 0 radical (unpaired) electrons. The van der Waals surface area contributed by atoms with Crippen LogP contribution in [0.4, 0.5) is 13.2 Å². The summed E-state index contributed by atoms with van der Waals surface area (Å²) in [6.45, 7) is 3.30. The van der Waals surface area contributed by atoms with Crippen LogP contribution in [0, 0.1) is 6.92 Å². The molecule has 2 aromatic rings. The van der Waals surface area contributed by atoms with E-state index >= 15 is 0 Å². The second kappa shape index (κ2) is 7.96. The molecule has 9 nitrogen and oxygen atoms in total. The second-order valence-corrected chi connectivity index (χ2v) is 9.68. The van der Waals surface area contributed by atoms with Crippen LogP contribution < -0.4 is 0 Å². The van der Waals surface area contributed by atoms with Gasteiger partial charge in [-0.2, -0.15) is 27.7 Å². The standard InChI is InChI=1S/C16H20BrF3N6O3S/c1-10-13(17)14(16(18,19)20)22-26(10)11(2)15(27)24-4-6-25(7-5-24)30(28,29)12-8-21-23(3)9-12/h8-9,11H,4-7H2,1-3H3. The molecule has 1 amide bonds. The number of carbonyl (C=O) groups excluding carboxylic acids is 1. The van der Waals surface area contributed by atoms with Crippen LogP contribution in [0.5, 0.6) is 0 Å². The summed E-state index contributed by atoms with van der Waals surface area (Å²) in [5.41, 5.74) is -0.909. The van der Waals surface area contributed by atoms with Crippen molar-refractivity contribution in [2.75, 3.05) is 26.2 Å². The molecular weight excluding hydrogens is 493 g/mol. The van der Waals surface area contributed by atoms with Crippen LogP contribution in [0.25, 0.3) is 0 Å². The summed E-state index contributed by atoms with van der Waals surface area (Å²) in [5, 5.41) is 7.44. The number of aryl methyl sites for hydroxylation is 1. The Labute approximate surface area is 179 Å². The molecule has 0 aliphatic carbocycles. The van der Waals surface area contributed by atoms with Crippen LogP contribution in [0.2, 0.25) is 0 Å². The number of hydrogen-bond donors (Lipinski definition) is 0. The monoisotopic (exact) mass is 512 g/mol. The first-order valence-corrected chi connectivity index (χ1v) is 11.2. The quantitative estimate of drug-likeness (QED) is 0.622. The molecule has 0 bridgehead atoms. The molecule has 3 rings (SSSR count). The molecule has 0 aromatic carbocycles. The zero-order valence-corrected chi connectivity index (χ0v) is 18.8. The molecule has 1 fully saturated rings. The number of halogens is 4. The fourth-order valence-electron chi connectivity index (χ4n) is 3.26. The van der Waals surface area contributed by atoms with E-state index < -0.39 is 33.8 Å². The van der Waals surface area contributed by atoms with Crippen LogP contribution >= 0.6 is 15.9 Å². The van der Waals surface area contributed by atoms with E-state index in [1.807, 2.05) is 0 Å². The van der Waals surface area contributed by atoms with Gasteiger partial charge >= 0.3 is 6.18 Å². The minimum atomic E-state index is -4.65. The van der Waals surface area contributed by atoms with E-state index in [4.69, 9.17) is 0 Å². The lowest BCUT2D eigenvalue weighted by molar-refractivity contribution is -0.143. The van der Waals surface area contributed by atoms with E-state index in [2.05, 4.69) is 26.1 Å². The zero-order chi connectivity index (χ0) is 22.4. The molecule has 3 heterocycles. The maximum absolute atomic E-state index is 13.1. The third-order valence-electron chi connectivity index (χ3n) is 4.94. The Morgan fingerprint density at radius 3 is 2.30 bits per heavy atom. The van der Waals surface area contributed by atoms with Gasteiger partial charge < -0.3 is 4.90 Å². The van der Waals surface area contributed by atoms with Gasteiger partial charge in [-0.15, -0.1) is 0 Å². The van der Waals surface area contributed by atoms with Crippen LogP contribution in [-0.2, 0) is 28.0 Å². The summed E-state index contributed by atoms with van der Waals surface area (Å²) in [6.07, 6.45) is -2.00. The summed E-state index contributed by atoms with van der Waals surface area (Å²) < 4.78 is 68.0. The summed E-state index contributed by atoms with van der Waals surface area (Å²) in [7, 11) is -2.12. The lowest BCUT2D eigenvalue weighted by Gasteiger charge is -2.35. The highest BCUT2D eigenvalue weighted by atomic mass is 79.9. The highest BCUT2D eigenvalue weighted by molar-refractivity contribution is 9.10. The second-order valence-electron chi connectivity index (χ2n) is 6.95. The third-order valence-corrected chi connectivity index (χ3v) is 7.74. The Bertz CT molecular complexity index is 1060. The Morgan fingerprint density at radius 2 is 1.83 bits per heavy atom. The molecule has 1 unspecified atom stereocenters. The van der Waals surface area contributed by atoms with Gasteiger partial charge in [0.25, 0.3) is 0 Å². The van der Waals surface area contributed by atoms with Crippen molar-refractivity contribution in [3.63, 3.8) is 0 Å². The van der Waals surface area contributed by atoms with E-state index in [0.29, 0.717) is 0 Å². The number of piperazine rings is 1. The number of amides is 1. The SMILES string of the molecule is Cc1c(Br)c(C(F)(F)F)nn1C(C)C(=O)N1CCN(S(=O)(=O)c2cnn(C)c2)CC1. The Morgan fingerprint density at radius 1 is 1.23 bits per heavy atom. The largest absolute Gasteiger partial charge is 0.436 e. The van der Waals surface area contributed by atoms with Gasteiger partial charge in [0.1, 0.15) is 10.9 Å². The van der Waals surface area contributed by atoms with Gasteiger partial charge in [-0.3, -0.25) is 14.2 Å². The van der Waals surface area contributed by atoms with Gasteiger partial charge in [-0.05, 0) is 29.8 Å². The van der Waals surface area contributed by atoms with Crippen molar-refractivity contribution >= 4 is 31.9 Å². The molecule has 30 heavy (non-hydrogen) atoms. The van der Waals surface area contributed by atoms with E-state index in [1.165, 1.54) is 40.1 Å². The van der Waals surface area contributed by atoms with Gasteiger partial charge in [0.05, 0.1) is 16.4 Å². The summed E-state index contributed by atoms with van der Waals surface area (Å²) in [6, 6.07) is -0.973. The maximum atomic E-state index is 13.1. The van der Waals surface area contributed by atoms with Crippen molar-refractivity contribution in [1.82, 2.24) is 28.8 Å². The number of sulfonamides is 1. The molecule has 0 saturated carbocycles. The van der Waals surface area contributed by atoms with Crippen LogP contribution in [0.1, 0.15) is 24.4 Å². The van der Waals surface area contributed by atoms with Crippen molar-refractivity contribution in [1.29, 1.82) is 0 Å².